The molecular weight excluding hydrogens is 228 g/mol. The fourth-order valence-electron chi connectivity index (χ4n) is 2.84. The van der Waals surface area contributed by atoms with Crippen molar-refractivity contribution in [1.29, 1.82) is 0 Å². The van der Waals surface area contributed by atoms with Gasteiger partial charge in [0.05, 0.1) is 0 Å². The van der Waals surface area contributed by atoms with E-state index in [1.54, 1.807) is 5.57 Å². The molecule has 0 bridgehead atoms. The Balaban J connectivity index is 1.84. The van der Waals surface area contributed by atoms with Crippen molar-refractivity contribution in [3.63, 3.8) is 0 Å². The van der Waals surface area contributed by atoms with Crippen LogP contribution in [-0.2, 0) is 6.42 Å². The summed E-state index contributed by atoms with van der Waals surface area (Å²) in [6.07, 6.45) is 7.13. The highest BCUT2D eigenvalue weighted by Gasteiger charge is 2.04. The molecule has 3 rings (SSSR count). The summed E-state index contributed by atoms with van der Waals surface area (Å²) in [6, 6.07) is 17.7. The summed E-state index contributed by atoms with van der Waals surface area (Å²) in [4.78, 5) is 0. The molecule has 0 saturated heterocycles. The molecule has 1 aliphatic rings. The minimum atomic E-state index is 1.16. The first-order chi connectivity index (χ1) is 9.33. The summed E-state index contributed by atoms with van der Waals surface area (Å²) in [6.45, 7) is 2.14. The minimum absolute atomic E-state index is 1.16. The van der Waals surface area contributed by atoms with Gasteiger partial charge in [-0.15, -0.1) is 0 Å². The summed E-state index contributed by atoms with van der Waals surface area (Å²) in [5, 5.41) is 2.90. The quantitative estimate of drug-likeness (QED) is 0.781. The number of fused-ring (bicyclic) bond motifs is 1. The summed E-state index contributed by atoms with van der Waals surface area (Å²) in [5.41, 5.74) is 4.41. The molecule has 96 valence electrons. The lowest BCUT2D eigenvalue weighted by Crippen LogP contribution is -2.29. The van der Waals surface area contributed by atoms with Gasteiger partial charge in [-0.05, 0) is 48.6 Å². The smallest absolute Gasteiger partial charge is 0.0195 e. The van der Waals surface area contributed by atoms with Gasteiger partial charge in [-0.3, -0.25) is 0 Å². The SMILES string of the molecule is Cc1ccc(CCC2=c3ccccc3=CCC2)cc1. The third kappa shape index (κ3) is 2.78. The number of benzene rings is 2. The second-order valence-corrected chi connectivity index (χ2v) is 5.42. The maximum atomic E-state index is 2.37. The highest BCUT2D eigenvalue weighted by atomic mass is 14.1. The Morgan fingerprint density at radius 3 is 2.53 bits per heavy atom. The average molecular weight is 248 g/mol. The molecule has 0 radical (unpaired) electrons. The first-order valence-electron chi connectivity index (χ1n) is 7.16. The number of rotatable bonds is 3. The zero-order valence-corrected chi connectivity index (χ0v) is 11.5. The Morgan fingerprint density at radius 2 is 1.68 bits per heavy atom. The predicted octanol–water partition coefficient (Wildman–Crippen LogP) is 3.35. The molecule has 0 atom stereocenters. The van der Waals surface area contributed by atoms with Crippen LogP contribution in [0.1, 0.15) is 30.4 Å². The van der Waals surface area contributed by atoms with E-state index in [1.807, 2.05) is 0 Å². The zero-order valence-electron chi connectivity index (χ0n) is 11.5. The molecule has 2 aromatic rings. The maximum absolute atomic E-state index is 2.37. The second-order valence-electron chi connectivity index (χ2n) is 5.42. The molecule has 2 aromatic carbocycles. The Morgan fingerprint density at radius 1 is 0.895 bits per heavy atom. The summed E-state index contributed by atoms with van der Waals surface area (Å²) >= 11 is 0. The van der Waals surface area contributed by atoms with Gasteiger partial charge in [-0.1, -0.05) is 65.7 Å². The molecule has 0 unspecified atom stereocenters. The number of hydrogen-bond donors (Lipinski definition) is 0. The normalized spacial score (nSPS) is 13.8. The van der Waals surface area contributed by atoms with E-state index in [-0.39, 0.29) is 0 Å². The van der Waals surface area contributed by atoms with Crippen molar-refractivity contribution in [3.8, 4) is 0 Å². The fraction of sp³-hybridized carbons (Fsp3) is 0.263. The van der Waals surface area contributed by atoms with Crippen LogP contribution >= 0.6 is 0 Å². The number of aryl methyl sites for hydroxylation is 2. The molecule has 0 aromatic heterocycles. The Kier molecular flexibility index (Phi) is 3.50. The van der Waals surface area contributed by atoms with Crippen molar-refractivity contribution in [2.24, 2.45) is 0 Å². The van der Waals surface area contributed by atoms with E-state index in [0.29, 0.717) is 0 Å². The lowest BCUT2D eigenvalue weighted by atomic mass is 9.94. The van der Waals surface area contributed by atoms with Crippen LogP contribution in [0.4, 0.5) is 0 Å². The van der Waals surface area contributed by atoms with Crippen LogP contribution in [0.15, 0.2) is 48.5 Å². The van der Waals surface area contributed by atoms with E-state index in [1.165, 1.54) is 40.8 Å². The van der Waals surface area contributed by atoms with Gasteiger partial charge in [0, 0.05) is 0 Å². The van der Waals surface area contributed by atoms with E-state index in [2.05, 4.69) is 61.5 Å². The van der Waals surface area contributed by atoms with E-state index in [9.17, 15) is 0 Å². The van der Waals surface area contributed by atoms with E-state index in [0.717, 1.165) is 6.42 Å². The summed E-state index contributed by atoms with van der Waals surface area (Å²) in [7, 11) is 0. The van der Waals surface area contributed by atoms with Gasteiger partial charge >= 0.3 is 0 Å². The van der Waals surface area contributed by atoms with Gasteiger partial charge in [0.25, 0.3) is 0 Å². The largest absolute Gasteiger partial charge is 0.0763 e. The molecule has 19 heavy (non-hydrogen) atoms. The standard InChI is InChI=1S/C19H20/c1-15-9-11-16(12-10-15)13-14-18-7-4-6-17-5-2-3-8-19(17)18/h2-3,5-6,8-12H,4,7,13-14H2,1H3. The lowest BCUT2D eigenvalue weighted by Gasteiger charge is -2.11. The molecule has 0 saturated carbocycles. The molecular formula is C19H20. The fourth-order valence-corrected chi connectivity index (χ4v) is 2.84. The van der Waals surface area contributed by atoms with Crippen LogP contribution in [0.2, 0.25) is 0 Å². The van der Waals surface area contributed by atoms with Crippen molar-refractivity contribution in [3.05, 3.63) is 70.1 Å². The van der Waals surface area contributed by atoms with Crippen LogP contribution in [0.3, 0.4) is 0 Å². The third-order valence-electron chi connectivity index (χ3n) is 3.99. The van der Waals surface area contributed by atoms with E-state index >= 15 is 0 Å². The monoisotopic (exact) mass is 248 g/mol. The van der Waals surface area contributed by atoms with Crippen LogP contribution in [0.25, 0.3) is 11.6 Å². The highest BCUT2D eigenvalue weighted by molar-refractivity contribution is 5.51. The Labute approximate surface area is 115 Å². The molecule has 0 heterocycles. The lowest BCUT2D eigenvalue weighted by molar-refractivity contribution is 0.931. The Bertz CT molecular complexity index is 675. The van der Waals surface area contributed by atoms with Gasteiger partial charge in [0.1, 0.15) is 0 Å². The first-order valence-corrected chi connectivity index (χ1v) is 7.16. The van der Waals surface area contributed by atoms with Crippen LogP contribution in [0, 0.1) is 6.92 Å². The molecule has 0 fully saturated rings. The summed E-state index contributed by atoms with van der Waals surface area (Å²) in [5.74, 6) is 0. The van der Waals surface area contributed by atoms with Crippen LogP contribution in [-0.4, -0.2) is 0 Å². The maximum Gasteiger partial charge on any atom is -0.0195 e. The molecule has 1 aliphatic carbocycles. The Hall–Kier alpha value is -1.82. The van der Waals surface area contributed by atoms with Crippen molar-refractivity contribution in [2.75, 3.05) is 0 Å². The molecule has 0 heteroatoms. The molecule has 0 spiro atoms. The molecule has 0 N–H and O–H groups in total. The minimum Gasteiger partial charge on any atom is -0.0763 e. The van der Waals surface area contributed by atoms with E-state index < -0.39 is 0 Å². The van der Waals surface area contributed by atoms with Gasteiger partial charge in [0.15, 0.2) is 0 Å². The summed E-state index contributed by atoms with van der Waals surface area (Å²) < 4.78 is 0. The molecule has 0 aliphatic heterocycles. The topological polar surface area (TPSA) is 0 Å². The van der Waals surface area contributed by atoms with Crippen molar-refractivity contribution in [1.82, 2.24) is 0 Å². The van der Waals surface area contributed by atoms with Crippen LogP contribution in [0.5, 0.6) is 0 Å². The van der Waals surface area contributed by atoms with Gasteiger partial charge < -0.3 is 0 Å². The van der Waals surface area contributed by atoms with Gasteiger partial charge in [-0.2, -0.15) is 0 Å². The average Bonchev–Trinajstić information content (AvgIpc) is 2.47. The van der Waals surface area contributed by atoms with Gasteiger partial charge in [0.2, 0.25) is 0 Å². The third-order valence-corrected chi connectivity index (χ3v) is 3.99. The highest BCUT2D eigenvalue weighted by Crippen LogP contribution is 2.16. The molecule has 0 nitrogen and oxygen atoms in total. The predicted molar refractivity (Wildman–Crippen MR) is 82.3 cm³/mol. The van der Waals surface area contributed by atoms with Gasteiger partial charge in [-0.25, -0.2) is 0 Å². The van der Waals surface area contributed by atoms with Crippen LogP contribution < -0.4 is 10.4 Å². The second kappa shape index (κ2) is 5.44. The number of hydrogen-bond acceptors (Lipinski definition) is 0. The molecule has 0 amide bonds. The zero-order chi connectivity index (χ0) is 13.1. The van der Waals surface area contributed by atoms with E-state index in [4.69, 9.17) is 0 Å². The van der Waals surface area contributed by atoms with Crippen molar-refractivity contribution in [2.45, 2.75) is 32.6 Å². The first kappa shape index (κ1) is 12.2. The van der Waals surface area contributed by atoms with Crippen molar-refractivity contribution >= 4 is 11.6 Å². The van der Waals surface area contributed by atoms with Crippen molar-refractivity contribution < 1.29 is 0 Å².